The quantitative estimate of drug-likeness (QED) is 0.372. The van der Waals surface area contributed by atoms with Crippen LogP contribution in [0.2, 0.25) is 5.02 Å². The maximum absolute atomic E-state index is 12.8. The number of hydrogen-bond acceptors (Lipinski definition) is 4. The zero-order valence-corrected chi connectivity index (χ0v) is 21.7. The largest absolute Gasteiger partial charge is 0.434 e. The highest BCUT2D eigenvalue weighted by Gasteiger charge is 2.60. The molecule has 0 atom stereocenters. The molecule has 2 saturated heterocycles. The fraction of sp³-hybridized carbons (Fsp3) is 0.600. The Labute approximate surface area is 221 Å². The molecule has 38 heavy (non-hydrogen) atoms. The molecule has 210 valence electrons. The van der Waals surface area contributed by atoms with Gasteiger partial charge in [-0.15, -0.1) is 0 Å². The lowest BCUT2D eigenvalue weighted by Gasteiger charge is -2.45. The molecule has 3 heterocycles. The molecule has 0 radical (unpaired) electrons. The number of hydrogen-bond donors (Lipinski definition) is 0. The van der Waals surface area contributed by atoms with Gasteiger partial charge in [-0.1, -0.05) is 29.8 Å². The summed E-state index contributed by atoms with van der Waals surface area (Å²) in [5.41, 5.74) is 2.20. The summed E-state index contributed by atoms with van der Waals surface area (Å²) in [6, 6.07) is 7.53. The Morgan fingerprint density at radius 3 is 2.26 bits per heavy atom. The van der Waals surface area contributed by atoms with Crippen LogP contribution >= 0.6 is 11.6 Å². The fourth-order valence-corrected chi connectivity index (χ4v) is 5.53. The molecule has 2 aromatic rings. The predicted molar refractivity (Wildman–Crippen MR) is 129 cm³/mol. The van der Waals surface area contributed by atoms with Crippen molar-refractivity contribution in [1.82, 2.24) is 19.6 Å². The molecule has 0 unspecified atom stereocenters. The van der Waals surface area contributed by atoms with Crippen molar-refractivity contribution >= 4 is 17.7 Å². The van der Waals surface area contributed by atoms with Crippen molar-refractivity contribution in [3.05, 3.63) is 41.0 Å². The van der Waals surface area contributed by atoms with Gasteiger partial charge in [-0.25, -0.2) is 4.79 Å². The van der Waals surface area contributed by atoms with Gasteiger partial charge in [0.05, 0.1) is 10.7 Å². The monoisotopic (exact) mass is 566 g/mol. The molecule has 1 amide bonds. The Morgan fingerprint density at radius 1 is 1.05 bits per heavy atom. The number of halogens is 7. The highest BCUT2D eigenvalue weighted by atomic mass is 35.5. The van der Waals surface area contributed by atoms with Crippen LogP contribution in [0.25, 0.3) is 11.3 Å². The SMILES string of the molecule is CC(C)n1cc(CN2CCCC23CCN(C(=O)OC(C(F)(F)F)C(F)(F)F)CC3)c(-c2ccccc2Cl)n1. The number of rotatable bonds is 5. The van der Waals surface area contributed by atoms with E-state index in [0.29, 0.717) is 24.4 Å². The van der Waals surface area contributed by atoms with E-state index in [9.17, 15) is 31.1 Å². The molecular formula is C25H29ClF6N4O2. The third kappa shape index (κ3) is 5.90. The number of alkyl halides is 6. The molecule has 2 fully saturated rings. The van der Waals surface area contributed by atoms with Crippen molar-refractivity contribution in [2.45, 2.75) is 76.1 Å². The van der Waals surface area contributed by atoms with Crippen LogP contribution in [0, 0.1) is 0 Å². The molecule has 0 saturated carbocycles. The van der Waals surface area contributed by atoms with Gasteiger partial charge in [0.15, 0.2) is 0 Å². The standard InChI is InChI=1S/C25H29ClF6N4O2/c1-16(2)36-15-17(20(33-36)18-6-3-4-7-19(18)26)14-35-11-5-8-23(35)9-12-34(13-10-23)22(37)38-21(24(27,28)29)25(30,31)32/h3-4,6-7,15-16,21H,5,8-14H2,1-2H3. The Morgan fingerprint density at radius 2 is 1.68 bits per heavy atom. The Kier molecular flexibility index (Phi) is 7.96. The van der Waals surface area contributed by atoms with E-state index in [0.717, 1.165) is 41.1 Å². The molecule has 1 spiro atoms. The van der Waals surface area contributed by atoms with Gasteiger partial charge in [0.1, 0.15) is 0 Å². The Balaban J connectivity index is 1.49. The van der Waals surface area contributed by atoms with E-state index >= 15 is 0 Å². The summed E-state index contributed by atoms with van der Waals surface area (Å²) in [6.07, 6.45) is -12.8. The molecule has 13 heteroatoms. The lowest BCUT2D eigenvalue weighted by Crippen LogP contribution is -2.54. The average Bonchev–Trinajstić information content (AvgIpc) is 3.41. The molecule has 1 aromatic heterocycles. The van der Waals surface area contributed by atoms with E-state index in [-0.39, 0.29) is 24.7 Å². The molecule has 0 aliphatic carbocycles. The first kappa shape index (κ1) is 28.5. The second-order valence-electron chi connectivity index (χ2n) is 10.1. The van der Waals surface area contributed by atoms with E-state index in [4.69, 9.17) is 16.7 Å². The molecule has 2 aliphatic heterocycles. The summed E-state index contributed by atoms with van der Waals surface area (Å²) in [7, 11) is 0. The van der Waals surface area contributed by atoms with Crippen LogP contribution in [-0.4, -0.2) is 69.3 Å². The lowest BCUT2D eigenvalue weighted by molar-refractivity contribution is -0.308. The number of nitrogens with zero attached hydrogens (tertiary/aromatic N) is 4. The minimum absolute atomic E-state index is 0.000391. The van der Waals surface area contributed by atoms with Crippen LogP contribution in [0.1, 0.15) is 51.1 Å². The second kappa shape index (κ2) is 10.6. The lowest BCUT2D eigenvalue weighted by atomic mass is 9.85. The van der Waals surface area contributed by atoms with Gasteiger partial charge >= 0.3 is 18.4 Å². The van der Waals surface area contributed by atoms with E-state index < -0.39 is 24.5 Å². The fourth-order valence-electron chi connectivity index (χ4n) is 5.30. The van der Waals surface area contributed by atoms with E-state index in [1.807, 2.05) is 42.9 Å². The molecular weight excluding hydrogens is 538 g/mol. The third-order valence-corrected chi connectivity index (χ3v) is 7.66. The van der Waals surface area contributed by atoms with Crippen LogP contribution in [0.5, 0.6) is 0 Å². The van der Waals surface area contributed by atoms with Crippen molar-refractivity contribution in [2.24, 2.45) is 0 Å². The average molecular weight is 567 g/mol. The van der Waals surface area contributed by atoms with Crippen molar-refractivity contribution in [2.75, 3.05) is 19.6 Å². The van der Waals surface area contributed by atoms with Crippen LogP contribution in [0.4, 0.5) is 31.1 Å². The number of carbonyl (C=O) groups excluding carboxylic acids is 1. The van der Waals surface area contributed by atoms with Crippen molar-refractivity contribution < 1.29 is 35.9 Å². The summed E-state index contributed by atoms with van der Waals surface area (Å²) >= 11 is 6.46. The van der Waals surface area contributed by atoms with Gasteiger partial charge in [-0.05, 0) is 52.1 Å². The number of piperidine rings is 1. The van der Waals surface area contributed by atoms with Gasteiger partial charge in [0.25, 0.3) is 6.10 Å². The minimum Gasteiger partial charge on any atom is -0.426 e. The van der Waals surface area contributed by atoms with E-state index in [1.54, 1.807) is 6.07 Å². The summed E-state index contributed by atoms with van der Waals surface area (Å²) in [6.45, 7) is 5.34. The maximum atomic E-state index is 12.8. The van der Waals surface area contributed by atoms with Crippen molar-refractivity contribution in [3.63, 3.8) is 0 Å². The zero-order chi connectivity index (χ0) is 27.9. The Bertz CT molecular complexity index is 1130. The topological polar surface area (TPSA) is 50.6 Å². The number of benzene rings is 1. The summed E-state index contributed by atoms with van der Waals surface area (Å²) in [4.78, 5) is 15.5. The smallest absolute Gasteiger partial charge is 0.426 e. The molecule has 2 aliphatic rings. The van der Waals surface area contributed by atoms with Gasteiger partial charge in [0.2, 0.25) is 0 Å². The zero-order valence-electron chi connectivity index (χ0n) is 20.9. The second-order valence-corrected chi connectivity index (χ2v) is 10.5. The molecule has 6 nitrogen and oxygen atoms in total. The van der Waals surface area contributed by atoms with Gasteiger partial charge in [-0.2, -0.15) is 31.4 Å². The normalized spacial score (nSPS) is 18.7. The van der Waals surface area contributed by atoms with Gasteiger partial charge < -0.3 is 9.64 Å². The minimum atomic E-state index is -5.74. The van der Waals surface area contributed by atoms with Crippen LogP contribution in [0.15, 0.2) is 30.5 Å². The van der Waals surface area contributed by atoms with Crippen molar-refractivity contribution in [1.29, 1.82) is 0 Å². The summed E-state index contributed by atoms with van der Waals surface area (Å²) in [5, 5.41) is 5.34. The molecule has 0 N–H and O–H groups in total. The first-order valence-electron chi connectivity index (χ1n) is 12.4. The van der Waals surface area contributed by atoms with E-state index in [2.05, 4.69) is 9.64 Å². The first-order valence-corrected chi connectivity index (χ1v) is 12.8. The summed E-state index contributed by atoms with van der Waals surface area (Å²) in [5.74, 6) is 0. The summed E-state index contributed by atoms with van der Waals surface area (Å²) < 4.78 is 82.8. The predicted octanol–water partition coefficient (Wildman–Crippen LogP) is 6.84. The third-order valence-electron chi connectivity index (χ3n) is 7.33. The molecule has 4 rings (SSSR count). The highest BCUT2D eigenvalue weighted by Crippen LogP contribution is 2.42. The molecule has 1 aromatic carbocycles. The number of likely N-dealkylation sites (tertiary alicyclic amines) is 2. The maximum Gasteiger partial charge on any atom is 0.434 e. The van der Waals surface area contributed by atoms with Crippen LogP contribution in [-0.2, 0) is 11.3 Å². The van der Waals surface area contributed by atoms with Gasteiger partial charge in [0, 0.05) is 48.5 Å². The number of aromatic nitrogens is 2. The first-order chi connectivity index (χ1) is 17.7. The number of amides is 1. The van der Waals surface area contributed by atoms with Crippen LogP contribution in [0.3, 0.4) is 0 Å². The van der Waals surface area contributed by atoms with E-state index in [1.165, 1.54) is 0 Å². The number of carbonyl (C=O) groups is 1. The van der Waals surface area contributed by atoms with Crippen LogP contribution < -0.4 is 0 Å². The number of ether oxygens (including phenoxy) is 1. The van der Waals surface area contributed by atoms with Crippen molar-refractivity contribution in [3.8, 4) is 11.3 Å². The highest BCUT2D eigenvalue weighted by molar-refractivity contribution is 6.33. The Hall–Kier alpha value is -2.47. The molecule has 0 bridgehead atoms. The van der Waals surface area contributed by atoms with Gasteiger partial charge in [-0.3, -0.25) is 9.58 Å².